The van der Waals surface area contributed by atoms with Crippen LogP contribution in [0.5, 0.6) is 0 Å². The van der Waals surface area contributed by atoms with Crippen molar-refractivity contribution in [2.45, 2.75) is 10.3 Å². The number of benzene rings is 2. The summed E-state index contributed by atoms with van der Waals surface area (Å²) in [4.78, 5) is 12.3. The minimum absolute atomic E-state index is 0.0944. The number of carbonyl (C=O) groups excluding carboxylic acids is 1. The Morgan fingerprint density at radius 1 is 1.12 bits per heavy atom. The Bertz CT molecular complexity index is 971. The molecule has 130 valence electrons. The predicted octanol–water partition coefficient (Wildman–Crippen LogP) is 3.75. The van der Waals surface area contributed by atoms with E-state index in [0.717, 1.165) is 17.0 Å². The minimum Gasteiger partial charge on any atom is -0.293 e. The van der Waals surface area contributed by atoms with Gasteiger partial charge in [0.15, 0.2) is 5.78 Å². The molecule has 0 bridgehead atoms. The number of nitrogens with zero attached hydrogens (tertiary/aromatic N) is 4. The highest BCUT2D eigenvalue weighted by molar-refractivity contribution is 8.00. The highest BCUT2D eigenvalue weighted by Crippen LogP contribution is 2.28. The van der Waals surface area contributed by atoms with Crippen LogP contribution in [0.4, 0.5) is 4.39 Å². The number of hydrogen-bond acceptors (Lipinski definition) is 6. The van der Waals surface area contributed by atoms with Crippen molar-refractivity contribution < 1.29 is 9.18 Å². The van der Waals surface area contributed by atoms with Gasteiger partial charge in [0.25, 0.3) is 0 Å². The normalized spacial score (nSPS) is 13.2. The van der Waals surface area contributed by atoms with Crippen LogP contribution in [0, 0.1) is 5.82 Å². The first-order valence-electron chi connectivity index (χ1n) is 7.84. The lowest BCUT2D eigenvalue weighted by Crippen LogP contribution is -2.13. The van der Waals surface area contributed by atoms with Gasteiger partial charge in [0.1, 0.15) is 5.82 Å². The fraction of sp³-hybridized carbons (Fsp3) is 0.111. The molecule has 1 aromatic heterocycles. The molecule has 0 fully saturated rings. The highest BCUT2D eigenvalue weighted by Gasteiger charge is 2.20. The van der Waals surface area contributed by atoms with Crippen LogP contribution < -0.4 is 0 Å². The first kappa shape index (κ1) is 17.0. The molecule has 1 aliphatic rings. The summed E-state index contributed by atoms with van der Waals surface area (Å²) in [6, 6.07) is 15.5. The summed E-state index contributed by atoms with van der Waals surface area (Å²) in [5.74, 6) is 0.454. The Kier molecular flexibility index (Phi) is 4.85. The van der Waals surface area contributed by atoms with Crippen molar-refractivity contribution in [3.05, 3.63) is 71.5 Å². The lowest BCUT2D eigenvalue weighted by atomic mass is 10.1. The second-order valence-corrected chi connectivity index (χ2v) is 7.38. The van der Waals surface area contributed by atoms with Gasteiger partial charge in [-0.1, -0.05) is 53.9 Å². The summed E-state index contributed by atoms with van der Waals surface area (Å²) < 4.78 is 14.6. The van der Waals surface area contributed by atoms with Crippen molar-refractivity contribution in [3.63, 3.8) is 0 Å². The maximum absolute atomic E-state index is 13.0. The Morgan fingerprint density at radius 3 is 2.65 bits per heavy atom. The number of hydrogen-bond donors (Lipinski definition) is 0. The number of fused-ring (bicyclic) bond motifs is 1. The van der Waals surface area contributed by atoms with Crippen molar-refractivity contribution >= 4 is 35.0 Å². The van der Waals surface area contributed by atoms with E-state index >= 15 is 0 Å². The van der Waals surface area contributed by atoms with E-state index in [1.807, 2.05) is 30.3 Å². The molecular formula is C18H13FN4OS2. The van der Waals surface area contributed by atoms with Crippen molar-refractivity contribution in [2.75, 3.05) is 11.5 Å². The summed E-state index contributed by atoms with van der Waals surface area (Å²) in [5.41, 5.74) is 2.47. The molecule has 1 aliphatic heterocycles. The molecule has 5 nitrogen and oxygen atoms in total. The summed E-state index contributed by atoms with van der Waals surface area (Å²) >= 11 is 2.84. The lowest BCUT2D eigenvalue weighted by molar-refractivity contribution is 0.102. The van der Waals surface area contributed by atoms with Gasteiger partial charge in [0.2, 0.25) is 10.3 Å². The molecule has 0 amide bonds. The molecule has 4 rings (SSSR count). The molecule has 0 unspecified atom stereocenters. The molecule has 0 atom stereocenters. The molecule has 0 aliphatic carbocycles. The van der Waals surface area contributed by atoms with Gasteiger partial charge in [-0.2, -0.15) is 9.78 Å². The van der Waals surface area contributed by atoms with Crippen LogP contribution in [-0.2, 0) is 0 Å². The van der Waals surface area contributed by atoms with Gasteiger partial charge in [-0.15, -0.1) is 10.2 Å². The topological polar surface area (TPSA) is 60.1 Å². The third-order valence-electron chi connectivity index (χ3n) is 3.75. The summed E-state index contributed by atoms with van der Waals surface area (Å²) in [7, 11) is 0. The quantitative estimate of drug-likeness (QED) is 0.495. The average molecular weight is 384 g/mol. The summed E-state index contributed by atoms with van der Waals surface area (Å²) in [5, 5.41) is 14.2. The molecule has 0 N–H and O–H groups in total. The molecule has 0 spiro atoms. The van der Waals surface area contributed by atoms with Gasteiger partial charge in [-0.25, -0.2) is 4.39 Å². The SMILES string of the molecule is O=C(CSc1nnc2n1N=C(c1ccccc1)CS2)c1ccc(F)cc1. The van der Waals surface area contributed by atoms with Gasteiger partial charge in [0, 0.05) is 11.3 Å². The molecule has 2 heterocycles. The number of thioether (sulfide) groups is 2. The average Bonchev–Trinajstić information content (AvgIpc) is 3.09. The fourth-order valence-electron chi connectivity index (χ4n) is 2.42. The van der Waals surface area contributed by atoms with E-state index in [4.69, 9.17) is 0 Å². The Balaban J connectivity index is 1.52. The summed E-state index contributed by atoms with van der Waals surface area (Å²) in [6.45, 7) is 0. The van der Waals surface area contributed by atoms with E-state index in [0.29, 0.717) is 15.9 Å². The molecule has 3 aromatic rings. The zero-order chi connectivity index (χ0) is 17.9. The zero-order valence-corrected chi connectivity index (χ0v) is 15.1. The number of ketones is 1. The third-order valence-corrected chi connectivity index (χ3v) is 5.60. The number of halogens is 1. The highest BCUT2D eigenvalue weighted by atomic mass is 32.2. The van der Waals surface area contributed by atoms with E-state index in [1.165, 1.54) is 36.0 Å². The van der Waals surface area contributed by atoms with Crippen LogP contribution in [-0.4, -0.2) is 37.9 Å². The van der Waals surface area contributed by atoms with Gasteiger partial charge < -0.3 is 0 Å². The van der Waals surface area contributed by atoms with Gasteiger partial charge in [-0.05, 0) is 29.8 Å². The first-order chi connectivity index (χ1) is 12.7. The van der Waals surface area contributed by atoms with E-state index in [-0.39, 0.29) is 17.4 Å². The van der Waals surface area contributed by atoms with Gasteiger partial charge >= 0.3 is 0 Å². The van der Waals surface area contributed by atoms with E-state index in [1.54, 1.807) is 16.4 Å². The maximum atomic E-state index is 13.0. The lowest BCUT2D eigenvalue weighted by Gasteiger charge is -2.13. The van der Waals surface area contributed by atoms with Crippen molar-refractivity contribution in [3.8, 4) is 0 Å². The molecule has 0 radical (unpaired) electrons. The summed E-state index contributed by atoms with van der Waals surface area (Å²) in [6.07, 6.45) is 0. The number of rotatable bonds is 5. The van der Waals surface area contributed by atoms with Crippen LogP contribution in [0.25, 0.3) is 0 Å². The van der Waals surface area contributed by atoms with E-state index in [2.05, 4.69) is 15.3 Å². The van der Waals surface area contributed by atoms with Crippen molar-refractivity contribution in [2.24, 2.45) is 5.10 Å². The predicted molar refractivity (Wildman–Crippen MR) is 101 cm³/mol. The van der Waals surface area contributed by atoms with Crippen molar-refractivity contribution in [1.82, 2.24) is 14.9 Å². The molecule has 8 heteroatoms. The van der Waals surface area contributed by atoms with Crippen LogP contribution in [0.1, 0.15) is 15.9 Å². The second kappa shape index (κ2) is 7.43. The van der Waals surface area contributed by atoms with Gasteiger partial charge in [0.05, 0.1) is 11.5 Å². The van der Waals surface area contributed by atoms with Crippen LogP contribution >= 0.6 is 23.5 Å². The Labute approximate surface area is 157 Å². The first-order valence-corrected chi connectivity index (χ1v) is 9.81. The van der Waals surface area contributed by atoms with E-state index < -0.39 is 0 Å². The number of Topliss-reactive ketones (excluding diaryl/α,β-unsaturated/α-hetero) is 1. The molecular weight excluding hydrogens is 371 g/mol. The zero-order valence-electron chi connectivity index (χ0n) is 13.5. The van der Waals surface area contributed by atoms with Crippen LogP contribution in [0.2, 0.25) is 0 Å². The van der Waals surface area contributed by atoms with Crippen LogP contribution in [0.3, 0.4) is 0 Å². The Hall–Kier alpha value is -2.45. The fourth-order valence-corrected chi connectivity index (χ4v) is 4.09. The molecule has 26 heavy (non-hydrogen) atoms. The number of carbonyl (C=O) groups is 1. The van der Waals surface area contributed by atoms with Gasteiger partial charge in [-0.3, -0.25) is 4.79 Å². The minimum atomic E-state index is -0.361. The van der Waals surface area contributed by atoms with E-state index in [9.17, 15) is 9.18 Å². The second-order valence-electron chi connectivity index (χ2n) is 5.50. The molecule has 0 saturated heterocycles. The molecule has 2 aromatic carbocycles. The smallest absolute Gasteiger partial charge is 0.213 e. The number of aromatic nitrogens is 3. The largest absolute Gasteiger partial charge is 0.293 e. The Morgan fingerprint density at radius 2 is 1.88 bits per heavy atom. The van der Waals surface area contributed by atoms with Crippen LogP contribution in [0.15, 0.2) is 70.0 Å². The monoisotopic (exact) mass is 384 g/mol. The third kappa shape index (κ3) is 3.56. The molecule has 0 saturated carbocycles. The maximum Gasteiger partial charge on any atom is 0.213 e. The standard InChI is InChI=1S/C18H13FN4OS2/c19-14-8-6-13(7-9-14)16(24)11-26-18-21-20-17-23(18)22-15(10-25-17)12-4-2-1-3-5-12/h1-9H,10-11H2. The van der Waals surface area contributed by atoms with Crippen molar-refractivity contribution in [1.29, 1.82) is 0 Å².